The first-order valence-electron chi connectivity index (χ1n) is 11.9. The van der Waals surface area contributed by atoms with Crippen LogP contribution in [0.3, 0.4) is 0 Å². The zero-order chi connectivity index (χ0) is 24.3. The molecule has 0 saturated heterocycles. The van der Waals surface area contributed by atoms with Gasteiger partial charge in [0.05, 0.1) is 13.2 Å². The van der Waals surface area contributed by atoms with Crippen LogP contribution in [0, 0.1) is 10.8 Å². The Morgan fingerprint density at radius 3 is 1.85 bits per heavy atom. The molecule has 5 heteroatoms. The Bertz CT molecular complexity index is 1020. The number of nitrogens with zero attached hydrogens (tertiary/aromatic N) is 1. The molecule has 4 rings (SSSR count). The molecule has 0 N–H and O–H groups in total. The molecule has 0 amide bonds. The number of rotatable bonds is 4. The minimum Gasteiger partial charge on any atom is -0.493 e. The van der Waals surface area contributed by atoms with Gasteiger partial charge in [0.15, 0.2) is 23.1 Å². The van der Waals surface area contributed by atoms with E-state index in [4.69, 9.17) is 9.47 Å². The highest BCUT2D eigenvalue weighted by Gasteiger charge is 2.48. The van der Waals surface area contributed by atoms with Crippen molar-refractivity contribution in [2.24, 2.45) is 10.8 Å². The smallest absolute Gasteiger partial charge is 0.162 e. The van der Waals surface area contributed by atoms with E-state index in [2.05, 4.69) is 32.6 Å². The zero-order valence-corrected chi connectivity index (χ0v) is 21.3. The van der Waals surface area contributed by atoms with E-state index in [-0.39, 0.29) is 34.4 Å². The van der Waals surface area contributed by atoms with Crippen LogP contribution < -0.4 is 9.47 Å². The van der Waals surface area contributed by atoms with Crippen molar-refractivity contribution in [3.8, 4) is 11.5 Å². The van der Waals surface area contributed by atoms with E-state index in [0.717, 1.165) is 40.9 Å². The summed E-state index contributed by atoms with van der Waals surface area (Å²) in [5.74, 6) is 1.21. The summed E-state index contributed by atoms with van der Waals surface area (Å²) in [5.41, 5.74) is 4.39. The van der Waals surface area contributed by atoms with Crippen molar-refractivity contribution in [2.45, 2.75) is 79.2 Å². The minimum atomic E-state index is -0.361. The predicted octanol–water partition coefficient (Wildman–Crippen LogP) is 5.80. The fraction of sp³-hybridized carbons (Fsp3) is 0.571. The lowest BCUT2D eigenvalue weighted by Crippen LogP contribution is -2.43. The number of ether oxygens (including phenoxy) is 2. The van der Waals surface area contributed by atoms with Gasteiger partial charge in [0.1, 0.15) is 0 Å². The quantitative estimate of drug-likeness (QED) is 0.579. The average molecular weight is 452 g/mol. The Labute approximate surface area is 197 Å². The number of hydrogen-bond acceptors (Lipinski definition) is 5. The maximum atomic E-state index is 13.6. The van der Waals surface area contributed by atoms with Gasteiger partial charge in [-0.3, -0.25) is 9.59 Å². The molecule has 0 aromatic heterocycles. The van der Waals surface area contributed by atoms with E-state index in [1.54, 1.807) is 7.11 Å². The summed E-state index contributed by atoms with van der Waals surface area (Å²) < 4.78 is 11.6. The van der Waals surface area contributed by atoms with Crippen LogP contribution in [0.25, 0.3) is 0 Å². The number of hydrogen-bond donors (Lipinski definition) is 0. The van der Waals surface area contributed by atoms with Crippen molar-refractivity contribution in [1.29, 1.82) is 0 Å². The minimum absolute atomic E-state index is 0.0148. The lowest BCUT2D eigenvalue weighted by Gasteiger charge is -2.47. The summed E-state index contributed by atoms with van der Waals surface area (Å²) in [6.07, 6.45) is 2.63. The molecule has 0 bridgehead atoms. The average Bonchev–Trinajstić information content (AvgIpc) is 2.68. The van der Waals surface area contributed by atoms with E-state index in [9.17, 15) is 9.59 Å². The van der Waals surface area contributed by atoms with E-state index < -0.39 is 0 Å². The third-order valence-electron chi connectivity index (χ3n) is 7.06. The standard InChI is InChI=1S/C28H37NO4/c1-16(2)33-22-10-9-17(11-23(22)32-8)24-25-18(12-27(3,4)14-20(25)30)29(7)19-13-28(5,6)15-21(31)26(19)24/h9-11,16,24H,12-15H2,1-8H3. The normalized spacial score (nSPS) is 22.5. The largest absolute Gasteiger partial charge is 0.493 e. The number of Topliss-reactive ketones (excluding diaryl/α,β-unsaturated/α-hetero) is 2. The second kappa shape index (κ2) is 8.03. The summed E-state index contributed by atoms with van der Waals surface area (Å²) in [7, 11) is 3.66. The first-order valence-corrected chi connectivity index (χ1v) is 11.9. The summed E-state index contributed by atoms with van der Waals surface area (Å²) in [6, 6.07) is 5.84. The van der Waals surface area contributed by atoms with Crippen LogP contribution in [0.5, 0.6) is 11.5 Å². The van der Waals surface area contributed by atoms with Gasteiger partial charge in [0, 0.05) is 48.3 Å². The van der Waals surface area contributed by atoms with Crippen molar-refractivity contribution in [3.63, 3.8) is 0 Å². The second-order valence-electron chi connectivity index (χ2n) is 11.7. The topological polar surface area (TPSA) is 55.8 Å². The fourth-order valence-electron chi connectivity index (χ4n) is 5.71. The van der Waals surface area contributed by atoms with E-state index in [1.807, 2.05) is 39.1 Å². The molecule has 33 heavy (non-hydrogen) atoms. The summed E-state index contributed by atoms with van der Waals surface area (Å²) in [4.78, 5) is 29.3. The molecule has 1 aromatic carbocycles. The van der Waals surface area contributed by atoms with Gasteiger partial charge >= 0.3 is 0 Å². The van der Waals surface area contributed by atoms with Crippen molar-refractivity contribution >= 4 is 11.6 Å². The van der Waals surface area contributed by atoms with Crippen LogP contribution in [0.15, 0.2) is 40.7 Å². The highest BCUT2D eigenvalue weighted by Crippen LogP contribution is 2.54. The number of methoxy groups -OCH3 is 1. The van der Waals surface area contributed by atoms with Crippen LogP contribution in [-0.4, -0.2) is 36.7 Å². The molecule has 1 aliphatic heterocycles. The van der Waals surface area contributed by atoms with Gasteiger partial charge in [0.25, 0.3) is 0 Å². The first-order chi connectivity index (χ1) is 15.3. The predicted molar refractivity (Wildman–Crippen MR) is 129 cm³/mol. The Kier molecular flexibility index (Phi) is 5.74. The van der Waals surface area contributed by atoms with Crippen molar-refractivity contribution in [1.82, 2.24) is 4.90 Å². The molecule has 0 fully saturated rings. The zero-order valence-electron chi connectivity index (χ0n) is 21.3. The van der Waals surface area contributed by atoms with E-state index in [0.29, 0.717) is 24.3 Å². The number of benzene rings is 1. The molecule has 5 nitrogen and oxygen atoms in total. The van der Waals surface area contributed by atoms with Gasteiger partial charge in [-0.2, -0.15) is 0 Å². The molecule has 0 saturated carbocycles. The van der Waals surface area contributed by atoms with Gasteiger partial charge in [-0.15, -0.1) is 0 Å². The highest BCUT2D eigenvalue weighted by atomic mass is 16.5. The first kappa shape index (κ1) is 23.6. The number of ketones is 2. The molecule has 0 unspecified atom stereocenters. The molecular formula is C28H37NO4. The van der Waals surface area contributed by atoms with Crippen LogP contribution in [0.2, 0.25) is 0 Å². The molecular weight excluding hydrogens is 414 g/mol. The van der Waals surface area contributed by atoms with Crippen molar-refractivity contribution in [3.05, 3.63) is 46.3 Å². The number of carbonyl (C=O) groups excluding carboxylic acids is 2. The summed E-state index contributed by atoms with van der Waals surface area (Å²) in [6.45, 7) is 12.6. The van der Waals surface area contributed by atoms with Crippen LogP contribution >= 0.6 is 0 Å². The summed E-state index contributed by atoms with van der Waals surface area (Å²) >= 11 is 0. The highest BCUT2D eigenvalue weighted by molar-refractivity contribution is 6.06. The van der Waals surface area contributed by atoms with Crippen molar-refractivity contribution < 1.29 is 19.1 Å². The lowest BCUT2D eigenvalue weighted by molar-refractivity contribution is -0.119. The molecule has 1 heterocycles. The Morgan fingerprint density at radius 2 is 1.39 bits per heavy atom. The fourth-order valence-corrected chi connectivity index (χ4v) is 5.71. The molecule has 2 aliphatic carbocycles. The number of carbonyl (C=O) groups is 2. The van der Waals surface area contributed by atoms with Gasteiger partial charge < -0.3 is 14.4 Å². The van der Waals surface area contributed by atoms with Gasteiger partial charge in [-0.1, -0.05) is 33.8 Å². The molecule has 0 atom stereocenters. The molecule has 1 aromatic rings. The van der Waals surface area contributed by atoms with Crippen LogP contribution in [-0.2, 0) is 9.59 Å². The molecule has 0 radical (unpaired) electrons. The maximum absolute atomic E-state index is 13.6. The Morgan fingerprint density at radius 1 is 0.879 bits per heavy atom. The van der Waals surface area contributed by atoms with E-state index in [1.165, 1.54) is 0 Å². The van der Waals surface area contributed by atoms with Gasteiger partial charge in [0.2, 0.25) is 0 Å². The van der Waals surface area contributed by atoms with Crippen LogP contribution in [0.4, 0.5) is 0 Å². The lowest BCUT2D eigenvalue weighted by atomic mass is 9.64. The van der Waals surface area contributed by atoms with E-state index >= 15 is 0 Å². The molecule has 178 valence electrons. The molecule has 0 spiro atoms. The van der Waals surface area contributed by atoms with Gasteiger partial charge in [-0.05, 0) is 55.2 Å². The van der Waals surface area contributed by atoms with Crippen molar-refractivity contribution in [2.75, 3.05) is 14.2 Å². The Hall–Kier alpha value is -2.56. The Balaban J connectivity index is 1.93. The third kappa shape index (κ3) is 4.22. The van der Waals surface area contributed by atoms with Gasteiger partial charge in [-0.25, -0.2) is 0 Å². The summed E-state index contributed by atoms with van der Waals surface area (Å²) in [5, 5.41) is 0. The second-order valence-corrected chi connectivity index (χ2v) is 11.7. The molecule has 3 aliphatic rings. The SMILES string of the molecule is COc1cc(C2C3=C(CC(C)(C)CC3=O)N(C)C3=C2C(=O)CC(C)(C)C3)ccc1OC(C)C. The number of allylic oxidation sites excluding steroid dienone is 4. The monoisotopic (exact) mass is 451 g/mol. The third-order valence-corrected chi connectivity index (χ3v) is 7.06. The van der Waals surface area contributed by atoms with Crippen LogP contribution in [0.1, 0.15) is 78.7 Å². The maximum Gasteiger partial charge on any atom is 0.162 e.